The molecular weight excluding hydrogens is 370 g/mol. The fourth-order valence-electron chi connectivity index (χ4n) is 2.74. The van der Waals surface area contributed by atoms with Crippen LogP contribution in [0.3, 0.4) is 0 Å². The highest BCUT2D eigenvalue weighted by atomic mass is 35.5. The molecule has 1 aromatic carbocycles. The molecule has 0 N–H and O–H groups in total. The minimum Gasteiger partial charge on any atom is -0.465 e. The number of ether oxygens (including phenoxy) is 2. The molecule has 0 amide bonds. The van der Waals surface area contributed by atoms with Gasteiger partial charge in [0.25, 0.3) is 0 Å². The minimum absolute atomic E-state index is 0.0270. The number of piperidine rings is 1. The Balaban J connectivity index is 2.45. The molecule has 0 spiro atoms. The van der Waals surface area contributed by atoms with E-state index < -0.39 is 28.0 Å². The van der Waals surface area contributed by atoms with E-state index in [1.807, 2.05) is 0 Å². The molecule has 0 saturated carbocycles. The van der Waals surface area contributed by atoms with Crippen molar-refractivity contribution in [3.8, 4) is 0 Å². The predicted octanol–water partition coefficient (Wildman–Crippen LogP) is 2.23. The first-order chi connectivity index (χ1) is 11.8. The van der Waals surface area contributed by atoms with Crippen LogP contribution >= 0.6 is 11.6 Å². The molecule has 7 nitrogen and oxygen atoms in total. The monoisotopic (exact) mass is 389 g/mol. The molecule has 1 saturated heterocycles. The molecule has 1 atom stereocenters. The Morgan fingerprint density at radius 1 is 1.32 bits per heavy atom. The Bertz CT molecular complexity index is 764. The van der Waals surface area contributed by atoms with Crippen molar-refractivity contribution in [1.82, 2.24) is 4.31 Å². The number of nitrogens with zero attached hydrogens (tertiary/aromatic N) is 1. The summed E-state index contributed by atoms with van der Waals surface area (Å²) in [5, 5.41) is -0.0270. The van der Waals surface area contributed by atoms with Gasteiger partial charge < -0.3 is 9.47 Å². The van der Waals surface area contributed by atoms with Crippen LogP contribution < -0.4 is 0 Å². The fraction of sp³-hybridized carbons (Fsp3) is 0.500. The summed E-state index contributed by atoms with van der Waals surface area (Å²) in [7, 11) is -2.88. The van der Waals surface area contributed by atoms with Crippen LogP contribution in [0.5, 0.6) is 0 Å². The lowest BCUT2D eigenvalue weighted by molar-refractivity contribution is -0.148. The molecule has 1 aliphatic rings. The van der Waals surface area contributed by atoms with Gasteiger partial charge >= 0.3 is 11.9 Å². The maximum absolute atomic E-state index is 13.1. The number of halogens is 1. The molecule has 0 bridgehead atoms. The second kappa shape index (κ2) is 8.16. The number of esters is 2. The van der Waals surface area contributed by atoms with Gasteiger partial charge in [-0.05, 0) is 44.4 Å². The summed E-state index contributed by atoms with van der Waals surface area (Å²) in [6, 6.07) is 2.98. The van der Waals surface area contributed by atoms with E-state index in [1.54, 1.807) is 6.92 Å². The first-order valence-electron chi connectivity index (χ1n) is 7.89. The first kappa shape index (κ1) is 19.7. The van der Waals surface area contributed by atoms with Gasteiger partial charge in [-0.15, -0.1) is 0 Å². The van der Waals surface area contributed by atoms with Gasteiger partial charge in [0.05, 0.1) is 24.3 Å². The Labute approximate surface area is 151 Å². The van der Waals surface area contributed by atoms with Gasteiger partial charge in [0.1, 0.15) is 10.9 Å². The molecule has 138 valence electrons. The van der Waals surface area contributed by atoms with E-state index in [4.69, 9.17) is 16.3 Å². The lowest BCUT2D eigenvalue weighted by Gasteiger charge is -2.33. The molecule has 0 aliphatic carbocycles. The lowest BCUT2D eigenvalue weighted by Crippen LogP contribution is -2.48. The summed E-state index contributed by atoms with van der Waals surface area (Å²) < 4.78 is 36.9. The smallest absolute Gasteiger partial charge is 0.337 e. The zero-order valence-corrected chi connectivity index (χ0v) is 15.6. The summed E-state index contributed by atoms with van der Waals surface area (Å²) in [6.45, 7) is 2.02. The average molecular weight is 390 g/mol. The normalized spacial score (nSPS) is 18.6. The topological polar surface area (TPSA) is 90.0 Å². The van der Waals surface area contributed by atoms with Crippen LogP contribution in [0.2, 0.25) is 5.02 Å². The standard InChI is InChI=1S/C16H20ClNO6S/c1-3-24-16(20)13-6-4-5-9-18(13)25(21,22)14-10-11(15(19)23-2)7-8-12(14)17/h7-8,10,13H,3-6,9H2,1-2H3. The maximum Gasteiger partial charge on any atom is 0.337 e. The molecule has 1 fully saturated rings. The summed E-state index contributed by atoms with van der Waals surface area (Å²) in [5.41, 5.74) is 0.0650. The van der Waals surface area contributed by atoms with Gasteiger partial charge in [0.15, 0.2) is 0 Å². The van der Waals surface area contributed by atoms with Crippen molar-refractivity contribution in [2.24, 2.45) is 0 Å². The molecule has 0 radical (unpaired) electrons. The van der Waals surface area contributed by atoms with E-state index in [9.17, 15) is 18.0 Å². The van der Waals surface area contributed by atoms with Gasteiger partial charge in [-0.1, -0.05) is 11.6 Å². The van der Waals surface area contributed by atoms with Crippen molar-refractivity contribution in [2.75, 3.05) is 20.3 Å². The van der Waals surface area contributed by atoms with E-state index in [0.29, 0.717) is 12.8 Å². The number of carbonyl (C=O) groups excluding carboxylic acids is 2. The third-order valence-corrected chi connectivity index (χ3v) is 6.34. The molecule has 25 heavy (non-hydrogen) atoms. The third kappa shape index (κ3) is 4.13. The van der Waals surface area contributed by atoms with Crippen LogP contribution in [0, 0.1) is 0 Å². The predicted molar refractivity (Wildman–Crippen MR) is 91.0 cm³/mol. The highest BCUT2D eigenvalue weighted by Gasteiger charge is 2.39. The number of hydrogen-bond acceptors (Lipinski definition) is 6. The van der Waals surface area contributed by atoms with E-state index in [1.165, 1.54) is 25.3 Å². The Morgan fingerprint density at radius 2 is 2.04 bits per heavy atom. The van der Waals surface area contributed by atoms with Crippen LogP contribution in [0.25, 0.3) is 0 Å². The number of benzene rings is 1. The second-order valence-corrected chi connectivity index (χ2v) is 7.78. The quantitative estimate of drug-likeness (QED) is 0.717. The van der Waals surface area contributed by atoms with Crippen molar-refractivity contribution in [3.05, 3.63) is 28.8 Å². The van der Waals surface area contributed by atoms with Gasteiger partial charge in [-0.3, -0.25) is 4.79 Å². The van der Waals surface area contributed by atoms with E-state index in [-0.39, 0.29) is 28.6 Å². The molecule has 1 unspecified atom stereocenters. The minimum atomic E-state index is -4.08. The van der Waals surface area contributed by atoms with Crippen molar-refractivity contribution in [3.63, 3.8) is 0 Å². The second-order valence-electron chi connectivity index (χ2n) is 5.52. The summed E-state index contributed by atoms with van der Waals surface area (Å²) in [5.74, 6) is -1.25. The van der Waals surface area contributed by atoms with Gasteiger partial charge in [0.2, 0.25) is 10.0 Å². The largest absolute Gasteiger partial charge is 0.465 e. The molecule has 9 heteroatoms. The van der Waals surface area contributed by atoms with Crippen LogP contribution in [-0.2, 0) is 24.3 Å². The summed E-state index contributed by atoms with van der Waals surface area (Å²) in [4.78, 5) is 23.6. The Hall–Kier alpha value is -1.64. The third-order valence-electron chi connectivity index (χ3n) is 3.95. The zero-order chi connectivity index (χ0) is 18.6. The summed E-state index contributed by atoms with van der Waals surface area (Å²) in [6.07, 6.45) is 1.74. The van der Waals surface area contributed by atoms with Crippen molar-refractivity contribution < 1.29 is 27.5 Å². The SMILES string of the molecule is CCOC(=O)C1CCCCN1S(=O)(=O)c1cc(C(=O)OC)ccc1Cl. The lowest BCUT2D eigenvalue weighted by atomic mass is 10.1. The van der Waals surface area contributed by atoms with Crippen LogP contribution in [0.1, 0.15) is 36.5 Å². The number of carbonyl (C=O) groups is 2. The van der Waals surface area contributed by atoms with Crippen molar-refractivity contribution in [2.45, 2.75) is 37.1 Å². The van der Waals surface area contributed by atoms with Gasteiger partial charge in [0, 0.05) is 6.54 Å². The molecule has 1 aliphatic heterocycles. The average Bonchev–Trinajstić information content (AvgIpc) is 2.61. The molecule has 0 aromatic heterocycles. The number of sulfonamides is 1. The number of rotatable bonds is 5. The molecule has 1 aromatic rings. The molecular formula is C16H20ClNO6S. The fourth-order valence-corrected chi connectivity index (χ4v) is 4.89. The molecule has 1 heterocycles. The highest BCUT2D eigenvalue weighted by molar-refractivity contribution is 7.89. The van der Waals surface area contributed by atoms with Crippen molar-refractivity contribution in [1.29, 1.82) is 0 Å². The number of methoxy groups -OCH3 is 1. The first-order valence-corrected chi connectivity index (χ1v) is 9.71. The van der Waals surface area contributed by atoms with Crippen LogP contribution in [0.15, 0.2) is 23.1 Å². The van der Waals surface area contributed by atoms with Crippen molar-refractivity contribution >= 4 is 33.6 Å². The molecule has 2 rings (SSSR count). The highest BCUT2D eigenvalue weighted by Crippen LogP contribution is 2.31. The van der Waals surface area contributed by atoms with Crippen LogP contribution in [-0.4, -0.2) is 51.0 Å². The van der Waals surface area contributed by atoms with Crippen LogP contribution in [0.4, 0.5) is 0 Å². The summed E-state index contributed by atoms with van der Waals surface area (Å²) >= 11 is 6.06. The van der Waals surface area contributed by atoms with E-state index >= 15 is 0 Å². The van der Waals surface area contributed by atoms with Gasteiger partial charge in [-0.2, -0.15) is 4.31 Å². The Kier molecular flexibility index (Phi) is 6.42. The Morgan fingerprint density at radius 3 is 2.68 bits per heavy atom. The van der Waals surface area contributed by atoms with Gasteiger partial charge in [-0.25, -0.2) is 13.2 Å². The zero-order valence-electron chi connectivity index (χ0n) is 14.0. The van der Waals surface area contributed by atoms with E-state index in [0.717, 1.165) is 10.7 Å². The van der Waals surface area contributed by atoms with E-state index in [2.05, 4.69) is 4.74 Å². The maximum atomic E-state index is 13.1. The number of hydrogen-bond donors (Lipinski definition) is 0.